The van der Waals surface area contributed by atoms with Gasteiger partial charge < -0.3 is 14.4 Å². The molecule has 0 spiro atoms. The number of carbonyl (C=O) groups is 2. The minimum atomic E-state index is -0.266. The molecule has 160 valence electrons. The third kappa shape index (κ3) is 5.17. The van der Waals surface area contributed by atoms with E-state index in [2.05, 4.69) is 11.1 Å². The van der Waals surface area contributed by atoms with Crippen LogP contribution in [0.3, 0.4) is 0 Å². The second kappa shape index (κ2) is 9.74. The van der Waals surface area contributed by atoms with Crippen LogP contribution in [0.4, 0.5) is 0 Å². The molecular formula is C24H30N2O4. The number of aryl methyl sites for hydroxylation is 1. The summed E-state index contributed by atoms with van der Waals surface area (Å²) in [5, 5.41) is 0. The fourth-order valence-electron chi connectivity index (χ4n) is 3.56. The van der Waals surface area contributed by atoms with Gasteiger partial charge in [-0.05, 0) is 62.4 Å². The van der Waals surface area contributed by atoms with Crippen molar-refractivity contribution in [3.63, 3.8) is 0 Å². The molecule has 0 N–H and O–H groups in total. The summed E-state index contributed by atoms with van der Waals surface area (Å²) in [4.78, 5) is 31.2. The highest BCUT2D eigenvalue weighted by Gasteiger charge is 2.33. The summed E-state index contributed by atoms with van der Waals surface area (Å²) in [6.07, 6.45) is 3.97. The minimum Gasteiger partial charge on any atom is -0.496 e. The summed E-state index contributed by atoms with van der Waals surface area (Å²) < 4.78 is 10.7. The predicted molar refractivity (Wildman–Crippen MR) is 115 cm³/mol. The van der Waals surface area contributed by atoms with Crippen molar-refractivity contribution in [3.8, 4) is 17.0 Å². The van der Waals surface area contributed by atoms with Crippen LogP contribution in [0, 0.1) is 12.8 Å². The summed E-state index contributed by atoms with van der Waals surface area (Å²) in [7, 11) is 1.62. The molecule has 1 aromatic carbocycles. The zero-order chi connectivity index (χ0) is 21.7. The lowest BCUT2D eigenvalue weighted by Crippen LogP contribution is -2.31. The zero-order valence-electron chi connectivity index (χ0n) is 18.2. The third-order valence-corrected chi connectivity index (χ3v) is 5.26. The lowest BCUT2D eigenvalue weighted by Gasteiger charge is -2.23. The van der Waals surface area contributed by atoms with Crippen molar-refractivity contribution in [3.05, 3.63) is 47.2 Å². The number of pyridine rings is 1. The van der Waals surface area contributed by atoms with E-state index in [0.29, 0.717) is 25.4 Å². The summed E-state index contributed by atoms with van der Waals surface area (Å²) >= 11 is 0. The second-order valence-corrected chi connectivity index (χ2v) is 7.66. The molecular weight excluding hydrogens is 380 g/mol. The lowest BCUT2D eigenvalue weighted by molar-refractivity contribution is -0.142. The number of hydrogen-bond acceptors (Lipinski definition) is 5. The number of esters is 1. The van der Waals surface area contributed by atoms with E-state index >= 15 is 0 Å². The predicted octanol–water partition coefficient (Wildman–Crippen LogP) is 3.93. The summed E-state index contributed by atoms with van der Waals surface area (Å²) in [5.74, 6) is 0.802. The van der Waals surface area contributed by atoms with Gasteiger partial charge in [0.2, 0.25) is 5.91 Å². The number of amides is 1. The average Bonchev–Trinajstić information content (AvgIpc) is 3.57. The average molecular weight is 411 g/mol. The van der Waals surface area contributed by atoms with Gasteiger partial charge in [0.05, 0.1) is 25.8 Å². The van der Waals surface area contributed by atoms with Crippen LogP contribution in [0.1, 0.15) is 43.4 Å². The van der Waals surface area contributed by atoms with Gasteiger partial charge in [-0.3, -0.25) is 14.6 Å². The van der Waals surface area contributed by atoms with E-state index in [-0.39, 0.29) is 24.2 Å². The van der Waals surface area contributed by atoms with Gasteiger partial charge in [-0.2, -0.15) is 0 Å². The SMILES string of the molecule is CCOC(=O)Cc1ccc(OC)c(-c2ncc(C)cc2CN(CC)C(=O)C2CC2)c1. The molecule has 0 bridgehead atoms. The molecule has 0 aliphatic heterocycles. The van der Waals surface area contributed by atoms with Gasteiger partial charge in [-0.15, -0.1) is 0 Å². The highest BCUT2D eigenvalue weighted by atomic mass is 16.5. The largest absolute Gasteiger partial charge is 0.496 e. The Balaban J connectivity index is 1.97. The molecule has 0 atom stereocenters. The van der Waals surface area contributed by atoms with E-state index in [4.69, 9.17) is 9.47 Å². The standard InChI is InChI=1S/C24H30N2O4/c1-5-26(24(28)18-8-9-18)15-19-11-16(3)14-25-23(19)20-12-17(7-10-21(20)29-4)13-22(27)30-6-2/h7,10-12,14,18H,5-6,8-9,13,15H2,1-4H3. The molecule has 1 aliphatic carbocycles. The first-order chi connectivity index (χ1) is 14.5. The van der Waals surface area contributed by atoms with E-state index in [1.165, 1.54) is 0 Å². The maximum absolute atomic E-state index is 12.7. The zero-order valence-corrected chi connectivity index (χ0v) is 18.2. The Kier molecular flexibility index (Phi) is 7.08. The Bertz CT molecular complexity index is 921. The van der Waals surface area contributed by atoms with Crippen LogP contribution in [0.25, 0.3) is 11.3 Å². The van der Waals surface area contributed by atoms with E-state index in [1.54, 1.807) is 14.0 Å². The topological polar surface area (TPSA) is 68.7 Å². The van der Waals surface area contributed by atoms with Gasteiger partial charge in [-0.25, -0.2) is 0 Å². The Morgan fingerprint density at radius 3 is 2.60 bits per heavy atom. The number of methoxy groups -OCH3 is 1. The first kappa shape index (κ1) is 21.8. The van der Waals surface area contributed by atoms with Crippen LogP contribution in [-0.2, 0) is 27.3 Å². The number of carbonyl (C=O) groups excluding carboxylic acids is 2. The Morgan fingerprint density at radius 1 is 1.20 bits per heavy atom. The first-order valence-electron chi connectivity index (χ1n) is 10.5. The number of nitrogens with zero attached hydrogens (tertiary/aromatic N) is 2. The molecule has 0 unspecified atom stereocenters. The molecule has 6 heteroatoms. The van der Waals surface area contributed by atoms with Crippen molar-refractivity contribution in [1.29, 1.82) is 0 Å². The lowest BCUT2D eigenvalue weighted by atomic mass is 9.99. The van der Waals surface area contributed by atoms with Crippen LogP contribution < -0.4 is 4.74 Å². The number of hydrogen-bond donors (Lipinski definition) is 0. The van der Waals surface area contributed by atoms with Gasteiger partial charge in [0, 0.05) is 30.8 Å². The van der Waals surface area contributed by atoms with Crippen LogP contribution in [0.2, 0.25) is 0 Å². The van der Waals surface area contributed by atoms with Gasteiger partial charge in [-0.1, -0.05) is 12.1 Å². The van der Waals surface area contributed by atoms with E-state index in [0.717, 1.165) is 40.8 Å². The molecule has 30 heavy (non-hydrogen) atoms. The quantitative estimate of drug-likeness (QED) is 0.586. The summed E-state index contributed by atoms with van der Waals surface area (Å²) in [6, 6.07) is 7.71. The van der Waals surface area contributed by atoms with E-state index in [9.17, 15) is 9.59 Å². The molecule has 6 nitrogen and oxygen atoms in total. The van der Waals surface area contributed by atoms with Crippen LogP contribution in [-0.4, -0.2) is 42.0 Å². The minimum absolute atomic E-state index is 0.175. The van der Waals surface area contributed by atoms with Crippen molar-refractivity contribution >= 4 is 11.9 Å². The Morgan fingerprint density at radius 2 is 1.97 bits per heavy atom. The summed E-state index contributed by atoms with van der Waals surface area (Å²) in [6.45, 7) is 7.30. The maximum Gasteiger partial charge on any atom is 0.310 e. The van der Waals surface area contributed by atoms with Gasteiger partial charge in [0.1, 0.15) is 5.75 Å². The molecule has 3 rings (SSSR count). The molecule has 0 radical (unpaired) electrons. The van der Waals surface area contributed by atoms with Gasteiger partial charge in [0.15, 0.2) is 0 Å². The van der Waals surface area contributed by atoms with Crippen molar-refractivity contribution in [2.24, 2.45) is 5.92 Å². The fourth-order valence-corrected chi connectivity index (χ4v) is 3.56. The van der Waals surface area contributed by atoms with Crippen LogP contribution >= 0.6 is 0 Å². The number of benzene rings is 1. The molecule has 1 amide bonds. The smallest absolute Gasteiger partial charge is 0.310 e. The normalized spacial score (nSPS) is 13.1. The second-order valence-electron chi connectivity index (χ2n) is 7.66. The Hall–Kier alpha value is -2.89. The highest BCUT2D eigenvalue weighted by molar-refractivity contribution is 5.81. The van der Waals surface area contributed by atoms with Crippen molar-refractivity contribution in [2.45, 2.75) is 46.6 Å². The van der Waals surface area contributed by atoms with Gasteiger partial charge >= 0.3 is 5.97 Å². The van der Waals surface area contributed by atoms with Crippen molar-refractivity contribution in [2.75, 3.05) is 20.3 Å². The van der Waals surface area contributed by atoms with E-state index in [1.807, 2.05) is 43.1 Å². The maximum atomic E-state index is 12.7. The fraction of sp³-hybridized carbons (Fsp3) is 0.458. The molecule has 0 saturated heterocycles. The van der Waals surface area contributed by atoms with E-state index < -0.39 is 0 Å². The molecule has 1 heterocycles. The number of ether oxygens (including phenoxy) is 2. The van der Waals surface area contributed by atoms with Crippen LogP contribution in [0.5, 0.6) is 5.75 Å². The third-order valence-electron chi connectivity index (χ3n) is 5.26. The molecule has 1 fully saturated rings. The Labute approximate surface area is 178 Å². The van der Waals surface area contributed by atoms with Gasteiger partial charge in [0.25, 0.3) is 0 Å². The molecule has 1 saturated carbocycles. The monoisotopic (exact) mass is 410 g/mol. The molecule has 2 aromatic rings. The summed E-state index contributed by atoms with van der Waals surface area (Å²) in [5.41, 5.74) is 4.41. The molecule has 1 aromatic heterocycles. The highest BCUT2D eigenvalue weighted by Crippen LogP contribution is 2.35. The van der Waals surface area contributed by atoms with Crippen LogP contribution in [0.15, 0.2) is 30.5 Å². The number of rotatable bonds is 9. The number of aromatic nitrogens is 1. The van der Waals surface area contributed by atoms with Crippen molar-refractivity contribution in [1.82, 2.24) is 9.88 Å². The first-order valence-corrected chi connectivity index (χ1v) is 10.5. The van der Waals surface area contributed by atoms with Crippen molar-refractivity contribution < 1.29 is 19.1 Å². The molecule has 1 aliphatic rings.